The Morgan fingerprint density at radius 3 is 1.36 bits per heavy atom. The second-order valence-electron chi connectivity index (χ2n) is 23.4. The number of furan rings is 2. The first-order valence-electron chi connectivity index (χ1n) is 30.9. The summed E-state index contributed by atoms with van der Waals surface area (Å²) in [7, 11) is 0. The van der Waals surface area contributed by atoms with Gasteiger partial charge in [0, 0.05) is 55.4 Å². The zero-order valence-corrected chi connectivity index (χ0v) is 49.5. The van der Waals surface area contributed by atoms with Gasteiger partial charge in [0.15, 0.2) is 11.2 Å². The standard InChI is InChI=1S/C86H58N2O2/c1-3-4-10-27-56(2)86(62-34-15-7-16-35-62)76-55-66(88(64-38-19-9-20-39-64)78-45-26-43-73-80-68-41-24-22-33-60(68)54-75(85(80)90-83(73)78)58-30-13-6-14-31-58)48-51-70(76)71-49-46-61-52-65(47-50-69(61)81(71)86)87(63-36-17-8-18-37-63)77-44-25-42-72-79-67-40-23-21-32-59(67)53-74(84(79)89-82(72)77)57-28-11-5-12-29-57/h3-55H,2H2,1H3/b4-3-,27-10-. The highest BCUT2D eigenvalue weighted by molar-refractivity contribution is 6.26. The Balaban J connectivity index is 0.883. The highest BCUT2D eigenvalue weighted by atomic mass is 16.3. The van der Waals surface area contributed by atoms with Crippen LogP contribution in [0, 0.1) is 0 Å². The smallest absolute Gasteiger partial charge is 0.159 e. The third kappa shape index (κ3) is 8.15. The van der Waals surface area contributed by atoms with Crippen LogP contribution >= 0.6 is 0 Å². The van der Waals surface area contributed by atoms with E-state index in [4.69, 9.17) is 15.4 Å². The van der Waals surface area contributed by atoms with E-state index in [1.807, 2.05) is 0 Å². The lowest BCUT2D eigenvalue weighted by molar-refractivity contribution is 0.670. The molecule has 17 rings (SSSR count). The van der Waals surface area contributed by atoms with Crippen LogP contribution in [0.2, 0.25) is 0 Å². The molecule has 2 aromatic heterocycles. The van der Waals surface area contributed by atoms with Crippen LogP contribution in [0.25, 0.3) is 110 Å². The van der Waals surface area contributed by atoms with Crippen molar-refractivity contribution in [1.29, 1.82) is 0 Å². The average molecular weight is 1150 g/mol. The molecule has 2 heterocycles. The fraction of sp³-hybridized carbons (Fsp3) is 0.0233. The fourth-order valence-electron chi connectivity index (χ4n) is 14.6. The van der Waals surface area contributed by atoms with E-state index in [2.05, 4.69) is 338 Å². The molecule has 0 fully saturated rings. The Labute approximate surface area is 522 Å². The van der Waals surface area contributed by atoms with E-state index in [9.17, 15) is 0 Å². The zero-order chi connectivity index (χ0) is 59.9. The topological polar surface area (TPSA) is 32.8 Å². The summed E-state index contributed by atoms with van der Waals surface area (Å²) in [6.07, 6.45) is 8.50. The number of nitrogens with zero attached hydrogens (tertiary/aromatic N) is 2. The Morgan fingerprint density at radius 2 is 0.811 bits per heavy atom. The molecule has 424 valence electrons. The molecular formula is C86H58N2O2. The summed E-state index contributed by atoms with van der Waals surface area (Å²) in [5.41, 5.74) is 19.5. The lowest BCUT2D eigenvalue weighted by atomic mass is 9.66. The molecular weight excluding hydrogens is 1090 g/mol. The van der Waals surface area contributed by atoms with Gasteiger partial charge in [0.05, 0.1) is 16.8 Å². The second-order valence-corrected chi connectivity index (χ2v) is 23.4. The van der Waals surface area contributed by atoms with E-state index >= 15 is 0 Å². The van der Waals surface area contributed by atoms with Gasteiger partial charge in [0.1, 0.15) is 11.2 Å². The summed E-state index contributed by atoms with van der Waals surface area (Å²) >= 11 is 0. The second kappa shape index (κ2) is 21.3. The van der Waals surface area contributed by atoms with Crippen molar-refractivity contribution in [2.24, 2.45) is 0 Å². The van der Waals surface area contributed by atoms with E-state index in [-0.39, 0.29) is 0 Å². The van der Waals surface area contributed by atoms with Crippen molar-refractivity contribution >= 4 is 110 Å². The third-order valence-electron chi connectivity index (χ3n) is 18.5. The van der Waals surface area contributed by atoms with Crippen LogP contribution < -0.4 is 9.80 Å². The van der Waals surface area contributed by atoms with E-state index in [1.165, 1.54) is 21.9 Å². The molecule has 0 bridgehead atoms. The molecule has 0 amide bonds. The minimum Gasteiger partial charge on any atom is -0.453 e. The largest absolute Gasteiger partial charge is 0.453 e. The molecule has 1 aliphatic carbocycles. The molecule has 4 heteroatoms. The zero-order valence-electron chi connectivity index (χ0n) is 49.5. The van der Waals surface area contributed by atoms with Gasteiger partial charge >= 0.3 is 0 Å². The molecule has 14 aromatic carbocycles. The van der Waals surface area contributed by atoms with Crippen LogP contribution in [-0.4, -0.2) is 0 Å². The number of fused-ring (bicyclic) bond motifs is 15. The molecule has 0 aliphatic heterocycles. The summed E-state index contributed by atoms with van der Waals surface area (Å²) in [6, 6.07) is 107. The number of benzene rings is 14. The first-order chi connectivity index (χ1) is 44.5. The van der Waals surface area contributed by atoms with Crippen LogP contribution in [0.4, 0.5) is 34.1 Å². The molecule has 0 saturated heterocycles. The molecule has 4 nitrogen and oxygen atoms in total. The maximum absolute atomic E-state index is 7.37. The molecule has 0 saturated carbocycles. The number of hydrogen-bond acceptors (Lipinski definition) is 4. The van der Waals surface area contributed by atoms with Gasteiger partial charge in [-0.15, -0.1) is 0 Å². The van der Waals surface area contributed by atoms with Gasteiger partial charge in [-0.05, 0) is 157 Å². The van der Waals surface area contributed by atoms with Crippen LogP contribution in [0.3, 0.4) is 0 Å². The molecule has 16 aromatic rings. The highest BCUT2D eigenvalue weighted by Crippen LogP contribution is 2.60. The summed E-state index contributed by atoms with van der Waals surface area (Å²) in [5, 5.41) is 11.2. The van der Waals surface area contributed by atoms with Gasteiger partial charge in [-0.1, -0.05) is 255 Å². The number of hydrogen-bond donors (Lipinski definition) is 0. The minimum absolute atomic E-state index is 0.815. The van der Waals surface area contributed by atoms with Crippen molar-refractivity contribution in [3.63, 3.8) is 0 Å². The first kappa shape index (κ1) is 52.6. The van der Waals surface area contributed by atoms with Crippen LogP contribution in [0.15, 0.2) is 343 Å². The number of anilines is 6. The van der Waals surface area contributed by atoms with Gasteiger partial charge in [0.2, 0.25) is 0 Å². The lowest BCUT2D eigenvalue weighted by Gasteiger charge is -2.36. The van der Waals surface area contributed by atoms with Crippen molar-refractivity contribution in [2.45, 2.75) is 12.3 Å². The molecule has 90 heavy (non-hydrogen) atoms. The molecule has 1 aliphatic rings. The SMILES string of the molecule is C=C(/C=C\C=C/C)C1(c2ccccc2)c2cc(N(c3ccccc3)c3cccc4c3oc3c(-c5ccccc5)cc5ccccc5c34)ccc2-c2ccc3cc(N(c4ccccc4)c4cccc5c4oc4c(-c6ccccc6)cc6ccccc6c45)ccc3c21. The normalized spacial score (nSPS) is 13.8. The monoisotopic (exact) mass is 1150 g/mol. The highest BCUT2D eigenvalue weighted by Gasteiger charge is 2.48. The van der Waals surface area contributed by atoms with Crippen LogP contribution in [0.5, 0.6) is 0 Å². The van der Waals surface area contributed by atoms with Crippen molar-refractivity contribution in [3.05, 3.63) is 350 Å². The van der Waals surface area contributed by atoms with Gasteiger partial charge < -0.3 is 18.6 Å². The molecule has 0 radical (unpaired) electrons. The maximum atomic E-state index is 7.37. The fourth-order valence-corrected chi connectivity index (χ4v) is 14.6. The van der Waals surface area contributed by atoms with E-state index in [1.54, 1.807) is 0 Å². The van der Waals surface area contributed by atoms with Crippen molar-refractivity contribution < 1.29 is 8.83 Å². The Bertz CT molecular complexity index is 5570. The molecule has 1 unspecified atom stereocenters. The van der Waals surface area contributed by atoms with Crippen LogP contribution in [0.1, 0.15) is 23.6 Å². The van der Waals surface area contributed by atoms with E-state index < -0.39 is 5.41 Å². The molecule has 1 atom stereocenters. The number of allylic oxidation sites excluding steroid dienone is 5. The Hall–Kier alpha value is -11.7. The van der Waals surface area contributed by atoms with Gasteiger partial charge in [-0.3, -0.25) is 0 Å². The Kier molecular flexibility index (Phi) is 12.5. The number of para-hydroxylation sites is 4. The predicted octanol–water partition coefficient (Wildman–Crippen LogP) is 24.2. The quantitative estimate of drug-likeness (QED) is 0.114. The first-order valence-corrected chi connectivity index (χ1v) is 30.9. The predicted molar refractivity (Wildman–Crippen MR) is 379 cm³/mol. The third-order valence-corrected chi connectivity index (χ3v) is 18.5. The van der Waals surface area contributed by atoms with E-state index in [0.29, 0.717) is 0 Å². The van der Waals surface area contributed by atoms with Crippen molar-refractivity contribution in [2.75, 3.05) is 9.80 Å². The molecule has 0 spiro atoms. The summed E-state index contributed by atoms with van der Waals surface area (Å²) in [4.78, 5) is 4.74. The van der Waals surface area contributed by atoms with E-state index in [0.717, 1.165) is 144 Å². The molecule has 0 N–H and O–H groups in total. The van der Waals surface area contributed by atoms with Gasteiger partial charge in [0.25, 0.3) is 0 Å². The summed E-state index contributed by atoms with van der Waals surface area (Å²) in [5.74, 6) is 0. The summed E-state index contributed by atoms with van der Waals surface area (Å²) in [6.45, 7) is 7.18. The van der Waals surface area contributed by atoms with Crippen LogP contribution in [-0.2, 0) is 5.41 Å². The Morgan fingerprint density at radius 1 is 0.356 bits per heavy atom. The number of rotatable bonds is 12. The van der Waals surface area contributed by atoms with Gasteiger partial charge in [-0.25, -0.2) is 0 Å². The average Bonchev–Trinajstić information content (AvgIpc) is 2.21. The minimum atomic E-state index is -0.851. The van der Waals surface area contributed by atoms with Crippen molar-refractivity contribution in [3.8, 4) is 33.4 Å². The lowest BCUT2D eigenvalue weighted by Crippen LogP contribution is -2.29. The maximum Gasteiger partial charge on any atom is 0.159 e. The van der Waals surface area contributed by atoms with Gasteiger partial charge in [-0.2, -0.15) is 0 Å². The summed E-state index contributed by atoms with van der Waals surface area (Å²) < 4.78 is 14.7. The van der Waals surface area contributed by atoms with Crippen molar-refractivity contribution in [1.82, 2.24) is 0 Å².